The first-order valence-electron chi connectivity index (χ1n) is 4.99. The first-order chi connectivity index (χ1) is 7.33. The van der Waals surface area contributed by atoms with Crippen molar-refractivity contribution in [2.75, 3.05) is 0 Å². The summed E-state index contributed by atoms with van der Waals surface area (Å²) in [6.07, 6.45) is -1.90. The fourth-order valence-electron chi connectivity index (χ4n) is 0.499. The van der Waals surface area contributed by atoms with Gasteiger partial charge in [-0.15, -0.1) is 0 Å². The Labute approximate surface area is 101 Å². The number of carboxylic acid groups (broad SMARTS) is 1. The van der Waals surface area contributed by atoms with Crippen molar-refractivity contribution in [3.63, 3.8) is 0 Å². The Kier molecular flexibility index (Phi) is 7.31. The summed E-state index contributed by atoms with van der Waals surface area (Å²) >= 11 is 0. The van der Waals surface area contributed by atoms with Gasteiger partial charge in [-0.2, -0.15) is 5.48 Å². The van der Waals surface area contributed by atoms with E-state index >= 15 is 0 Å². The number of ether oxygens (including phenoxy) is 1. The van der Waals surface area contributed by atoms with Crippen molar-refractivity contribution >= 4 is 12.2 Å². The van der Waals surface area contributed by atoms with Crippen molar-refractivity contribution in [2.24, 2.45) is 5.73 Å². The average Bonchev–Trinajstić information content (AvgIpc) is 1.95. The molecular formula is C10H22N2O5. The Morgan fingerprint density at radius 3 is 1.53 bits per heavy atom. The van der Waals surface area contributed by atoms with Crippen LogP contribution in [-0.4, -0.2) is 28.5 Å². The number of hydrogen-bond acceptors (Lipinski definition) is 4. The Morgan fingerprint density at radius 1 is 1.06 bits per heavy atom. The van der Waals surface area contributed by atoms with Crippen LogP contribution in [0.15, 0.2) is 0 Å². The molecule has 0 aliphatic carbocycles. The second kappa shape index (κ2) is 6.95. The molecule has 0 unspecified atom stereocenters. The number of carbonyl (C=O) groups is 2. The number of rotatable bonds is 1. The molecular weight excluding hydrogens is 228 g/mol. The highest BCUT2D eigenvalue weighted by Gasteiger charge is 2.12. The molecule has 4 N–H and O–H groups in total. The first-order valence-corrected chi connectivity index (χ1v) is 4.99. The molecule has 102 valence electrons. The van der Waals surface area contributed by atoms with E-state index in [4.69, 9.17) is 10.8 Å². The predicted molar refractivity (Wildman–Crippen MR) is 62.4 cm³/mol. The van der Waals surface area contributed by atoms with Gasteiger partial charge in [-0.05, 0) is 41.5 Å². The highest BCUT2D eigenvalue weighted by molar-refractivity contribution is 5.65. The summed E-state index contributed by atoms with van der Waals surface area (Å²) in [6.45, 7) is 10.5. The third kappa shape index (κ3) is 25.1. The van der Waals surface area contributed by atoms with Gasteiger partial charge in [0.2, 0.25) is 0 Å². The van der Waals surface area contributed by atoms with Gasteiger partial charge in [-0.3, -0.25) is 4.84 Å². The van der Waals surface area contributed by atoms with Crippen molar-refractivity contribution in [3.05, 3.63) is 0 Å². The maximum Gasteiger partial charge on any atom is 0.428 e. The van der Waals surface area contributed by atoms with Gasteiger partial charge in [0.15, 0.2) is 0 Å². The fraction of sp³-hybridized carbons (Fsp3) is 0.800. The van der Waals surface area contributed by atoms with Crippen LogP contribution in [0, 0.1) is 0 Å². The Bertz CT molecular complexity index is 252. The maximum absolute atomic E-state index is 10.0. The van der Waals surface area contributed by atoms with Gasteiger partial charge in [0.05, 0.1) is 5.60 Å². The minimum absolute atomic E-state index is 0.453. The molecule has 0 rings (SSSR count). The van der Waals surface area contributed by atoms with Crippen molar-refractivity contribution in [1.82, 2.24) is 5.48 Å². The van der Waals surface area contributed by atoms with E-state index in [0.29, 0.717) is 0 Å². The van der Waals surface area contributed by atoms with Crippen LogP contribution >= 0.6 is 0 Å². The van der Waals surface area contributed by atoms with Crippen LogP contribution in [-0.2, 0) is 9.57 Å². The summed E-state index contributed by atoms with van der Waals surface area (Å²) < 4.78 is 4.58. The molecule has 0 aliphatic rings. The summed E-state index contributed by atoms with van der Waals surface area (Å²) in [5.74, 6) is 0. The molecule has 7 heteroatoms. The minimum atomic E-state index is -1.18. The third-order valence-electron chi connectivity index (χ3n) is 0.851. The number of nitrogens with two attached hydrogens (primary N) is 1. The van der Waals surface area contributed by atoms with E-state index in [1.165, 1.54) is 0 Å². The lowest BCUT2D eigenvalue weighted by Crippen LogP contribution is -2.32. The van der Waals surface area contributed by atoms with Crippen LogP contribution in [0.2, 0.25) is 0 Å². The highest BCUT2D eigenvalue weighted by atomic mass is 16.7. The molecule has 0 aromatic carbocycles. The van der Waals surface area contributed by atoms with Crippen molar-refractivity contribution in [1.29, 1.82) is 0 Å². The van der Waals surface area contributed by atoms with Crippen LogP contribution in [0.5, 0.6) is 0 Å². The molecule has 0 atom stereocenters. The number of nitrogens with one attached hydrogen (secondary N) is 1. The largest absolute Gasteiger partial charge is 0.464 e. The van der Waals surface area contributed by atoms with Gasteiger partial charge in [0.25, 0.3) is 0 Å². The molecule has 0 bridgehead atoms. The van der Waals surface area contributed by atoms with E-state index in [1.54, 1.807) is 47.0 Å². The topological polar surface area (TPSA) is 111 Å². The second-order valence-corrected chi connectivity index (χ2v) is 5.16. The van der Waals surface area contributed by atoms with Crippen LogP contribution in [0.3, 0.4) is 0 Å². The fourth-order valence-corrected chi connectivity index (χ4v) is 0.499. The number of primary amides is 1. The quantitative estimate of drug-likeness (QED) is 0.615. The summed E-state index contributed by atoms with van der Waals surface area (Å²) in [7, 11) is 0. The molecule has 0 fully saturated rings. The van der Waals surface area contributed by atoms with E-state index in [1.807, 2.05) is 0 Å². The van der Waals surface area contributed by atoms with Gasteiger partial charge in [0.1, 0.15) is 5.60 Å². The normalized spacial score (nSPS) is 10.9. The number of carbonyl (C=O) groups excluding carboxylic acids is 1. The number of amides is 2. The molecule has 0 heterocycles. The smallest absolute Gasteiger partial charge is 0.428 e. The summed E-state index contributed by atoms with van der Waals surface area (Å²) in [4.78, 5) is 24.5. The van der Waals surface area contributed by atoms with Crippen molar-refractivity contribution in [2.45, 2.75) is 52.7 Å². The zero-order valence-corrected chi connectivity index (χ0v) is 11.2. The monoisotopic (exact) mass is 250 g/mol. The molecule has 7 nitrogen and oxygen atoms in total. The van der Waals surface area contributed by atoms with E-state index in [0.717, 1.165) is 0 Å². The molecule has 0 saturated heterocycles. The molecule has 0 aliphatic heterocycles. The zero-order valence-electron chi connectivity index (χ0n) is 11.2. The lowest BCUT2D eigenvalue weighted by atomic mass is 10.2. The van der Waals surface area contributed by atoms with E-state index < -0.39 is 23.4 Å². The van der Waals surface area contributed by atoms with Crippen LogP contribution in [0.25, 0.3) is 0 Å². The molecule has 2 amide bonds. The standard InChI is InChI=1S/C5H11NO3.C5H11NO2/c1-5(2,3)9-6-4(7)8;1-5(2,3)8-4(6)7/h6H,1-3H3,(H,7,8);1-3H3,(H2,6,7). The maximum atomic E-state index is 10.0. The summed E-state index contributed by atoms with van der Waals surface area (Å²) in [5, 5.41) is 8.04. The van der Waals surface area contributed by atoms with Crippen LogP contribution in [0.4, 0.5) is 9.59 Å². The Hall–Kier alpha value is -1.50. The minimum Gasteiger partial charge on any atom is -0.464 e. The van der Waals surface area contributed by atoms with Gasteiger partial charge < -0.3 is 15.6 Å². The van der Waals surface area contributed by atoms with Gasteiger partial charge in [-0.25, -0.2) is 9.59 Å². The van der Waals surface area contributed by atoms with Crippen molar-refractivity contribution in [3.8, 4) is 0 Å². The summed E-state index contributed by atoms with van der Waals surface area (Å²) in [6, 6.07) is 0. The lowest BCUT2D eigenvalue weighted by Gasteiger charge is -2.16. The van der Waals surface area contributed by atoms with E-state index in [-0.39, 0.29) is 0 Å². The molecule has 0 radical (unpaired) electrons. The third-order valence-corrected chi connectivity index (χ3v) is 0.851. The van der Waals surface area contributed by atoms with E-state index in [2.05, 4.69) is 9.57 Å². The molecule has 0 saturated carbocycles. The van der Waals surface area contributed by atoms with Gasteiger partial charge in [-0.1, -0.05) is 0 Å². The lowest BCUT2D eigenvalue weighted by molar-refractivity contribution is -0.0614. The summed E-state index contributed by atoms with van der Waals surface area (Å²) in [5.41, 5.74) is 5.61. The van der Waals surface area contributed by atoms with Gasteiger partial charge in [0, 0.05) is 0 Å². The molecule has 0 spiro atoms. The van der Waals surface area contributed by atoms with E-state index in [9.17, 15) is 9.59 Å². The number of hydrogen-bond donors (Lipinski definition) is 3. The molecule has 0 aromatic heterocycles. The molecule has 0 aromatic rings. The van der Waals surface area contributed by atoms with Crippen LogP contribution in [0.1, 0.15) is 41.5 Å². The first kappa shape index (κ1) is 17.9. The van der Waals surface area contributed by atoms with Gasteiger partial charge >= 0.3 is 12.2 Å². The molecule has 17 heavy (non-hydrogen) atoms. The van der Waals surface area contributed by atoms with Crippen molar-refractivity contribution < 1.29 is 24.3 Å². The zero-order chi connectivity index (χ0) is 14.3. The SMILES string of the molecule is CC(C)(C)OC(N)=O.CC(C)(C)ONC(=O)O. The average molecular weight is 250 g/mol. The Balaban J connectivity index is 0. The highest BCUT2D eigenvalue weighted by Crippen LogP contribution is 2.04. The second-order valence-electron chi connectivity index (χ2n) is 5.16. The van der Waals surface area contributed by atoms with Crippen LogP contribution < -0.4 is 11.2 Å². The Morgan fingerprint density at radius 2 is 1.47 bits per heavy atom. The predicted octanol–water partition coefficient (Wildman–Crippen LogP) is 1.86. The number of hydroxylamine groups is 1.